The molecule has 0 atom stereocenters. The Labute approximate surface area is 167 Å². The molecule has 2 amide bonds. The molecule has 0 saturated heterocycles. The van der Waals surface area contributed by atoms with E-state index in [9.17, 15) is 18.8 Å². The number of unbranched alkanes of at least 4 members (excludes halogenated alkanes) is 1. The molecule has 1 aliphatic rings. The van der Waals surface area contributed by atoms with E-state index >= 15 is 0 Å². The molecule has 1 aliphatic heterocycles. The Bertz CT molecular complexity index is 985. The van der Waals surface area contributed by atoms with E-state index in [0.717, 1.165) is 0 Å². The highest BCUT2D eigenvalue weighted by Gasteiger charge is 2.24. The third-order valence-electron chi connectivity index (χ3n) is 4.55. The number of ether oxygens (including phenoxy) is 1. The molecule has 150 valence electrons. The van der Waals surface area contributed by atoms with Crippen molar-refractivity contribution < 1.29 is 23.5 Å². The Hall–Kier alpha value is -3.48. The SMILES string of the molecule is COC(=O)CCCCNC(=O)c1cccc(C=C2C(=O)Nc3ccc(F)cc32)c1. The summed E-state index contributed by atoms with van der Waals surface area (Å²) in [6, 6.07) is 11.0. The first-order valence-corrected chi connectivity index (χ1v) is 9.26. The lowest BCUT2D eigenvalue weighted by atomic mass is 10.0. The number of benzene rings is 2. The Morgan fingerprint density at radius 2 is 2.00 bits per heavy atom. The van der Waals surface area contributed by atoms with E-state index in [1.807, 2.05) is 0 Å². The summed E-state index contributed by atoms with van der Waals surface area (Å²) in [4.78, 5) is 35.6. The average Bonchev–Trinajstić information content (AvgIpc) is 3.02. The first kappa shape index (κ1) is 20.3. The second-order valence-corrected chi connectivity index (χ2v) is 6.62. The molecule has 2 aromatic carbocycles. The summed E-state index contributed by atoms with van der Waals surface area (Å²) in [6.45, 7) is 0.441. The number of hydrogen-bond donors (Lipinski definition) is 2. The van der Waals surface area contributed by atoms with Gasteiger partial charge in [-0.25, -0.2) is 4.39 Å². The van der Waals surface area contributed by atoms with E-state index in [2.05, 4.69) is 15.4 Å². The van der Waals surface area contributed by atoms with Crippen LogP contribution in [0.25, 0.3) is 11.6 Å². The van der Waals surface area contributed by atoms with Gasteiger partial charge < -0.3 is 15.4 Å². The third kappa shape index (κ3) is 5.07. The summed E-state index contributed by atoms with van der Waals surface area (Å²) in [7, 11) is 1.34. The molecule has 7 heteroatoms. The zero-order valence-corrected chi connectivity index (χ0v) is 16.0. The van der Waals surface area contributed by atoms with Crippen molar-refractivity contribution in [2.75, 3.05) is 19.0 Å². The first-order chi connectivity index (χ1) is 14.0. The predicted octanol–water partition coefficient (Wildman–Crippen LogP) is 3.39. The van der Waals surface area contributed by atoms with E-state index in [4.69, 9.17) is 0 Å². The summed E-state index contributed by atoms with van der Waals surface area (Å²) < 4.78 is 18.1. The van der Waals surface area contributed by atoms with Crippen molar-refractivity contribution in [2.24, 2.45) is 0 Å². The number of anilines is 1. The first-order valence-electron chi connectivity index (χ1n) is 9.26. The molecule has 2 aromatic rings. The van der Waals surface area contributed by atoms with Crippen LogP contribution in [0, 0.1) is 5.82 Å². The summed E-state index contributed by atoms with van der Waals surface area (Å²) in [6.07, 6.45) is 3.24. The number of carbonyl (C=O) groups is 3. The number of halogens is 1. The van der Waals surface area contributed by atoms with Crippen molar-refractivity contribution >= 4 is 35.1 Å². The lowest BCUT2D eigenvalue weighted by Gasteiger charge is -2.06. The maximum Gasteiger partial charge on any atom is 0.305 e. The molecule has 0 fully saturated rings. The number of methoxy groups -OCH3 is 1. The monoisotopic (exact) mass is 396 g/mol. The number of fused-ring (bicyclic) bond motifs is 1. The van der Waals surface area contributed by atoms with Gasteiger partial charge in [0.1, 0.15) is 5.82 Å². The van der Waals surface area contributed by atoms with E-state index in [1.165, 1.54) is 25.3 Å². The Balaban J connectivity index is 1.66. The normalized spacial score (nSPS) is 13.7. The van der Waals surface area contributed by atoms with Crippen molar-refractivity contribution in [1.29, 1.82) is 0 Å². The van der Waals surface area contributed by atoms with Crippen LogP contribution in [0.15, 0.2) is 42.5 Å². The molecule has 0 unspecified atom stereocenters. The molecule has 1 heterocycles. The zero-order valence-electron chi connectivity index (χ0n) is 16.0. The van der Waals surface area contributed by atoms with Crippen LogP contribution in [0.3, 0.4) is 0 Å². The van der Waals surface area contributed by atoms with Gasteiger partial charge in [0.2, 0.25) is 0 Å². The summed E-state index contributed by atoms with van der Waals surface area (Å²) in [5, 5.41) is 5.50. The van der Waals surface area contributed by atoms with Crippen molar-refractivity contribution in [3.05, 3.63) is 65.0 Å². The van der Waals surface area contributed by atoms with Crippen LogP contribution in [0.4, 0.5) is 10.1 Å². The highest BCUT2D eigenvalue weighted by molar-refractivity contribution is 6.34. The quantitative estimate of drug-likeness (QED) is 0.427. The number of nitrogens with one attached hydrogen (secondary N) is 2. The maximum atomic E-state index is 13.6. The van der Waals surface area contributed by atoms with Crippen LogP contribution in [0.2, 0.25) is 0 Å². The van der Waals surface area contributed by atoms with Crippen LogP contribution in [0.1, 0.15) is 40.7 Å². The van der Waals surface area contributed by atoms with Gasteiger partial charge in [-0.3, -0.25) is 14.4 Å². The van der Waals surface area contributed by atoms with E-state index in [1.54, 1.807) is 30.3 Å². The minimum atomic E-state index is -0.425. The van der Waals surface area contributed by atoms with E-state index < -0.39 is 5.82 Å². The smallest absolute Gasteiger partial charge is 0.305 e. The van der Waals surface area contributed by atoms with Crippen molar-refractivity contribution in [3.63, 3.8) is 0 Å². The fourth-order valence-electron chi connectivity index (χ4n) is 3.04. The molecular formula is C22H21FN2O4. The second kappa shape index (κ2) is 9.14. The topological polar surface area (TPSA) is 84.5 Å². The lowest BCUT2D eigenvalue weighted by molar-refractivity contribution is -0.140. The van der Waals surface area contributed by atoms with Crippen LogP contribution in [-0.2, 0) is 14.3 Å². The highest BCUT2D eigenvalue weighted by atomic mass is 19.1. The number of hydrogen-bond acceptors (Lipinski definition) is 4. The van der Waals surface area contributed by atoms with Gasteiger partial charge in [-0.15, -0.1) is 0 Å². The molecule has 0 radical (unpaired) electrons. The Morgan fingerprint density at radius 3 is 2.79 bits per heavy atom. The van der Waals surface area contributed by atoms with Gasteiger partial charge in [0.25, 0.3) is 11.8 Å². The van der Waals surface area contributed by atoms with Gasteiger partial charge in [0.15, 0.2) is 0 Å². The van der Waals surface area contributed by atoms with Crippen LogP contribution in [0.5, 0.6) is 0 Å². The van der Waals surface area contributed by atoms with Gasteiger partial charge in [0.05, 0.1) is 7.11 Å². The third-order valence-corrected chi connectivity index (χ3v) is 4.55. The van der Waals surface area contributed by atoms with Gasteiger partial charge in [-0.05, 0) is 54.8 Å². The Morgan fingerprint density at radius 1 is 1.17 bits per heavy atom. The number of amides is 2. The fourth-order valence-corrected chi connectivity index (χ4v) is 3.04. The van der Waals surface area contributed by atoms with Crippen LogP contribution in [-0.4, -0.2) is 31.4 Å². The molecule has 3 rings (SSSR count). The molecule has 0 spiro atoms. The predicted molar refractivity (Wildman–Crippen MR) is 108 cm³/mol. The van der Waals surface area contributed by atoms with E-state index in [-0.39, 0.29) is 17.8 Å². The molecule has 0 aromatic heterocycles. The number of carbonyl (C=O) groups excluding carboxylic acids is 3. The molecule has 0 aliphatic carbocycles. The minimum absolute atomic E-state index is 0.245. The molecule has 2 N–H and O–H groups in total. The zero-order chi connectivity index (χ0) is 20.8. The maximum absolute atomic E-state index is 13.6. The minimum Gasteiger partial charge on any atom is -0.469 e. The number of rotatable bonds is 7. The van der Waals surface area contributed by atoms with E-state index in [0.29, 0.717) is 53.8 Å². The van der Waals surface area contributed by atoms with Crippen molar-refractivity contribution in [2.45, 2.75) is 19.3 Å². The average molecular weight is 396 g/mol. The van der Waals surface area contributed by atoms with Gasteiger partial charge >= 0.3 is 5.97 Å². The second-order valence-electron chi connectivity index (χ2n) is 6.62. The summed E-state index contributed by atoms with van der Waals surface area (Å²) in [5.41, 5.74) is 2.51. The Kier molecular flexibility index (Phi) is 6.39. The largest absolute Gasteiger partial charge is 0.469 e. The molecular weight excluding hydrogens is 375 g/mol. The highest BCUT2D eigenvalue weighted by Crippen LogP contribution is 2.33. The van der Waals surface area contributed by atoms with Gasteiger partial charge in [-0.2, -0.15) is 0 Å². The van der Waals surface area contributed by atoms with Crippen molar-refractivity contribution in [1.82, 2.24) is 5.32 Å². The summed E-state index contributed by atoms with van der Waals surface area (Å²) in [5.74, 6) is -1.25. The number of esters is 1. The molecule has 0 saturated carbocycles. The van der Waals surface area contributed by atoms with Gasteiger partial charge in [-0.1, -0.05) is 12.1 Å². The molecule has 29 heavy (non-hydrogen) atoms. The lowest BCUT2D eigenvalue weighted by Crippen LogP contribution is -2.24. The molecule has 6 nitrogen and oxygen atoms in total. The fraction of sp³-hybridized carbons (Fsp3) is 0.227. The molecule has 0 bridgehead atoms. The van der Waals surface area contributed by atoms with Crippen LogP contribution < -0.4 is 10.6 Å². The van der Waals surface area contributed by atoms with Crippen LogP contribution >= 0.6 is 0 Å². The standard InChI is InChI=1S/C22H21FN2O4/c1-29-20(26)7-2-3-10-24-21(27)15-6-4-5-14(11-15)12-18-17-13-16(23)8-9-19(17)25-22(18)28/h4-6,8-9,11-13H,2-3,7,10H2,1H3,(H,24,27)(H,25,28). The summed E-state index contributed by atoms with van der Waals surface area (Å²) >= 11 is 0. The van der Waals surface area contributed by atoms with Gasteiger partial charge in [0, 0.05) is 35.4 Å². The van der Waals surface area contributed by atoms with Crippen molar-refractivity contribution in [3.8, 4) is 0 Å².